The first-order valence-corrected chi connectivity index (χ1v) is 9.30. The lowest BCUT2D eigenvalue weighted by molar-refractivity contribution is -0.134. The van der Waals surface area contributed by atoms with Gasteiger partial charge in [0.1, 0.15) is 11.4 Å². The molecule has 6 nitrogen and oxygen atoms in total. The van der Waals surface area contributed by atoms with Gasteiger partial charge in [0, 0.05) is 23.6 Å². The van der Waals surface area contributed by atoms with Crippen LogP contribution in [0.4, 0.5) is 4.79 Å². The number of carbonyl (C=O) groups excluding carboxylic acids is 2. The zero-order valence-corrected chi connectivity index (χ0v) is 16.5. The number of rotatable bonds is 5. The molecular formula is C19H26ClN3O3. The van der Waals surface area contributed by atoms with E-state index in [1.165, 1.54) is 4.90 Å². The molecule has 1 atom stereocenters. The van der Waals surface area contributed by atoms with E-state index in [4.69, 9.17) is 16.3 Å². The summed E-state index contributed by atoms with van der Waals surface area (Å²) in [6, 6.07) is 4.87. The minimum absolute atomic E-state index is 0.216. The predicted molar refractivity (Wildman–Crippen MR) is 100 cm³/mol. The summed E-state index contributed by atoms with van der Waals surface area (Å²) in [6.45, 7) is 5.18. The summed E-state index contributed by atoms with van der Waals surface area (Å²) < 4.78 is 6.02. The second-order valence-electron chi connectivity index (χ2n) is 7.98. The lowest BCUT2D eigenvalue weighted by atomic mass is 9.77. The number of nitrogens with one attached hydrogen (secondary N) is 1. The summed E-state index contributed by atoms with van der Waals surface area (Å²) in [5, 5.41) is 3.46. The Bertz CT molecular complexity index is 735. The molecule has 0 radical (unpaired) electrons. The molecule has 1 saturated heterocycles. The van der Waals surface area contributed by atoms with Crippen molar-refractivity contribution in [2.24, 2.45) is 0 Å². The highest BCUT2D eigenvalue weighted by molar-refractivity contribution is 6.30. The van der Waals surface area contributed by atoms with E-state index in [1.54, 1.807) is 18.2 Å². The summed E-state index contributed by atoms with van der Waals surface area (Å²) in [6.07, 6.45) is 2.07. The zero-order valence-electron chi connectivity index (χ0n) is 15.8. The molecular weight excluding hydrogens is 354 g/mol. The standard InChI is InChI=1S/C19H26ClN3O3/c1-18(2)12-19(14-11-13(20)7-8-15(14)26-18)16(24)23(17(25)21-19)10-6-5-9-22(3)4/h7-8,11H,5-6,9-10,12H2,1-4H3,(H,21,25). The molecule has 0 bridgehead atoms. The Morgan fingerprint density at radius 1 is 1.27 bits per heavy atom. The van der Waals surface area contributed by atoms with Crippen LogP contribution in [-0.4, -0.2) is 54.5 Å². The Morgan fingerprint density at radius 2 is 2.00 bits per heavy atom. The van der Waals surface area contributed by atoms with E-state index >= 15 is 0 Å². The van der Waals surface area contributed by atoms with Gasteiger partial charge in [-0.3, -0.25) is 9.69 Å². The third-order valence-corrected chi connectivity index (χ3v) is 5.13. The second-order valence-corrected chi connectivity index (χ2v) is 8.42. The number of benzene rings is 1. The van der Waals surface area contributed by atoms with Crippen molar-refractivity contribution in [3.63, 3.8) is 0 Å². The summed E-state index contributed by atoms with van der Waals surface area (Å²) in [7, 11) is 4.01. The van der Waals surface area contributed by atoms with Crippen LogP contribution >= 0.6 is 11.6 Å². The first-order chi connectivity index (χ1) is 12.1. The molecule has 1 spiro atoms. The van der Waals surface area contributed by atoms with Gasteiger partial charge < -0.3 is 15.0 Å². The Hall–Kier alpha value is -1.79. The fourth-order valence-electron chi connectivity index (χ4n) is 3.82. The maximum atomic E-state index is 13.3. The van der Waals surface area contributed by atoms with Crippen molar-refractivity contribution in [3.05, 3.63) is 28.8 Å². The number of unbranched alkanes of at least 4 members (excludes halogenated alkanes) is 1. The topological polar surface area (TPSA) is 61.9 Å². The lowest BCUT2D eigenvalue weighted by Gasteiger charge is -2.42. The Morgan fingerprint density at radius 3 is 2.69 bits per heavy atom. The average molecular weight is 380 g/mol. The van der Waals surface area contributed by atoms with Gasteiger partial charge in [-0.25, -0.2) is 4.79 Å². The molecule has 1 unspecified atom stereocenters. The molecule has 0 aromatic heterocycles. The number of ether oxygens (including phenoxy) is 1. The predicted octanol–water partition coefficient (Wildman–Crippen LogP) is 2.99. The highest BCUT2D eigenvalue weighted by Crippen LogP contribution is 2.47. The summed E-state index contributed by atoms with van der Waals surface area (Å²) in [5.74, 6) is 0.376. The van der Waals surface area contributed by atoms with E-state index < -0.39 is 11.1 Å². The second kappa shape index (κ2) is 6.74. The van der Waals surface area contributed by atoms with Gasteiger partial charge >= 0.3 is 6.03 Å². The van der Waals surface area contributed by atoms with E-state index in [9.17, 15) is 9.59 Å². The number of amides is 3. The molecule has 3 rings (SSSR count). The third kappa shape index (κ3) is 3.40. The van der Waals surface area contributed by atoms with Crippen LogP contribution in [0.15, 0.2) is 18.2 Å². The molecule has 1 aromatic rings. The van der Waals surface area contributed by atoms with Crippen LogP contribution in [0.1, 0.15) is 38.7 Å². The average Bonchev–Trinajstić information content (AvgIpc) is 2.75. The van der Waals surface area contributed by atoms with E-state index in [0.717, 1.165) is 19.4 Å². The van der Waals surface area contributed by atoms with E-state index in [0.29, 0.717) is 29.3 Å². The Labute approximate surface area is 159 Å². The van der Waals surface area contributed by atoms with Gasteiger partial charge in [-0.1, -0.05) is 11.6 Å². The van der Waals surface area contributed by atoms with E-state index in [-0.39, 0.29) is 11.9 Å². The molecule has 1 fully saturated rings. The van der Waals surface area contributed by atoms with Crippen LogP contribution in [0.3, 0.4) is 0 Å². The SMILES string of the molecule is CN(C)CCCCN1C(=O)NC2(CC(C)(C)Oc3ccc(Cl)cc32)C1=O. The van der Waals surface area contributed by atoms with Crippen LogP contribution in [0.2, 0.25) is 5.02 Å². The van der Waals surface area contributed by atoms with E-state index in [1.807, 2.05) is 27.9 Å². The van der Waals surface area contributed by atoms with Crippen LogP contribution in [-0.2, 0) is 10.3 Å². The molecule has 3 amide bonds. The van der Waals surface area contributed by atoms with Gasteiger partial charge in [0.05, 0.1) is 0 Å². The highest BCUT2D eigenvalue weighted by atomic mass is 35.5. The number of nitrogens with zero attached hydrogens (tertiary/aromatic N) is 2. The molecule has 7 heteroatoms. The Kier molecular flexibility index (Phi) is 4.92. The van der Waals surface area contributed by atoms with Gasteiger partial charge in [-0.05, 0) is 65.5 Å². The minimum Gasteiger partial charge on any atom is -0.487 e. The van der Waals surface area contributed by atoms with Crippen molar-refractivity contribution in [3.8, 4) is 5.75 Å². The Balaban J connectivity index is 1.89. The quantitative estimate of drug-likeness (QED) is 0.631. The molecule has 26 heavy (non-hydrogen) atoms. The van der Waals surface area contributed by atoms with Crippen LogP contribution in [0, 0.1) is 0 Å². The molecule has 1 N–H and O–H groups in total. The van der Waals surface area contributed by atoms with Crippen molar-refractivity contribution >= 4 is 23.5 Å². The van der Waals surface area contributed by atoms with Gasteiger partial charge in [0.25, 0.3) is 5.91 Å². The van der Waals surface area contributed by atoms with Crippen molar-refractivity contribution in [2.75, 3.05) is 27.2 Å². The maximum Gasteiger partial charge on any atom is 0.325 e. The molecule has 0 saturated carbocycles. The number of urea groups is 1. The lowest BCUT2D eigenvalue weighted by Crippen LogP contribution is -2.53. The molecule has 2 aliphatic heterocycles. The molecule has 1 aromatic carbocycles. The van der Waals surface area contributed by atoms with E-state index in [2.05, 4.69) is 10.2 Å². The maximum absolute atomic E-state index is 13.3. The number of imide groups is 1. The number of hydrogen-bond donors (Lipinski definition) is 1. The number of fused-ring (bicyclic) bond motifs is 2. The van der Waals surface area contributed by atoms with Gasteiger partial charge in [0.2, 0.25) is 0 Å². The van der Waals surface area contributed by atoms with Crippen molar-refractivity contribution < 1.29 is 14.3 Å². The smallest absolute Gasteiger partial charge is 0.325 e. The fourth-order valence-corrected chi connectivity index (χ4v) is 3.99. The first kappa shape index (κ1) is 19.0. The van der Waals surface area contributed by atoms with Crippen molar-refractivity contribution in [2.45, 2.75) is 44.2 Å². The fraction of sp³-hybridized carbons (Fsp3) is 0.579. The largest absolute Gasteiger partial charge is 0.487 e. The van der Waals surface area contributed by atoms with Crippen LogP contribution < -0.4 is 10.1 Å². The summed E-state index contributed by atoms with van der Waals surface area (Å²) in [5.41, 5.74) is -1.05. The van der Waals surface area contributed by atoms with Gasteiger partial charge in [-0.2, -0.15) is 0 Å². The minimum atomic E-state index is -1.11. The molecule has 142 valence electrons. The molecule has 2 aliphatic rings. The summed E-state index contributed by atoms with van der Waals surface area (Å²) in [4.78, 5) is 29.3. The first-order valence-electron chi connectivity index (χ1n) is 8.92. The number of carbonyl (C=O) groups is 2. The zero-order chi connectivity index (χ0) is 19.1. The molecule has 2 heterocycles. The van der Waals surface area contributed by atoms with Crippen LogP contribution in [0.25, 0.3) is 0 Å². The number of hydrogen-bond acceptors (Lipinski definition) is 4. The highest BCUT2D eigenvalue weighted by Gasteiger charge is 2.58. The van der Waals surface area contributed by atoms with Gasteiger partial charge in [-0.15, -0.1) is 0 Å². The number of halogens is 1. The third-order valence-electron chi connectivity index (χ3n) is 4.89. The normalized spacial score (nSPS) is 24.0. The van der Waals surface area contributed by atoms with Crippen LogP contribution in [0.5, 0.6) is 5.75 Å². The van der Waals surface area contributed by atoms with Crippen molar-refractivity contribution in [1.82, 2.24) is 15.1 Å². The monoisotopic (exact) mass is 379 g/mol. The summed E-state index contributed by atoms with van der Waals surface area (Å²) >= 11 is 6.16. The van der Waals surface area contributed by atoms with Gasteiger partial charge in [0.15, 0.2) is 5.54 Å². The molecule has 0 aliphatic carbocycles. The van der Waals surface area contributed by atoms with Crippen molar-refractivity contribution in [1.29, 1.82) is 0 Å².